The summed E-state index contributed by atoms with van der Waals surface area (Å²) in [7, 11) is 3.39. The number of ether oxygens (including phenoxy) is 1. The number of hydrogen-bond acceptors (Lipinski definition) is 7. The monoisotopic (exact) mass is 331 g/mol. The molecule has 8 nitrogen and oxygen atoms in total. The minimum absolute atomic E-state index is 0.0118. The van der Waals surface area contributed by atoms with Gasteiger partial charge in [-0.05, 0) is 19.4 Å². The number of likely N-dealkylation sites (N-methyl/N-ethyl adjacent to an activating group) is 1. The zero-order chi connectivity index (χ0) is 17.1. The van der Waals surface area contributed by atoms with Crippen LogP contribution in [0, 0.1) is 6.92 Å². The number of nitrogens with zero attached hydrogens (tertiary/aromatic N) is 3. The van der Waals surface area contributed by atoms with Crippen molar-refractivity contribution in [3.63, 3.8) is 0 Å². The first-order chi connectivity index (χ1) is 11.6. The van der Waals surface area contributed by atoms with E-state index in [-0.39, 0.29) is 18.0 Å². The first kappa shape index (κ1) is 16.4. The number of carbonyl (C=O) groups excluding carboxylic acids is 1. The Morgan fingerprint density at radius 3 is 2.88 bits per heavy atom. The zero-order valence-corrected chi connectivity index (χ0v) is 13.9. The van der Waals surface area contributed by atoms with E-state index in [0.29, 0.717) is 24.4 Å². The third-order valence-corrected chi connectivity index (χ3v) is 4.23. The average Bonchev–Trinajstić information content (AvgIpc) is 3.24. The van der Waals surface area contributed by atoms with E-state index < -0.39 is 0 Å². The lowest BCUT2D eigenvalue weighted by Gasteiger charge is -2.19. The molecular weight excluding hydrogens is 310 g/mol. The summed E-state index contributed by atoms with van der Waals surface area (Å²) in [5.74, 6) is 0.796. The van der Waals surface area contributed by atoms with E-state index in [1.165, 1.54) is 0 Å². The van der Waals surface area contributed by atoms with Gasteiger partial charge in [0.15, 0.2) is 0 Å². The number of methoxy groups -OCH3 is 1. The first-order valence-electron chi connectivity index (χ1n) is 7.77. The minimum Gasteiger partial charge on any atom is -0.496 e. The van der Waals surface area contributed by atoms with Gasteiger partial charge in [-0.15, -0.1) is 0 Å². The van der Waals surface area contributed by atoms with Crippen molar-refractivity contribution in [2.75, 3.05) is 14.2 Å². The van der Waals surface area contributed by atoms with Crippen LogP contribution in [-0.2, 0) is 11.3 Å². The van der Waals surface area contributed by atoms with Crippen molar-refractivity contribution in [2.24, 2.45) is 0 Å². The third kappa shape index (κ3) is 3.24. The van der Waals surface area contributed by atoms with Gasteiger partial charge in [-0.25, -0.2) is 15.5 Å². The Labute approximate surface area is 140 Å². The van der Waals surface area contributed by atoms with Gasteiger partial charge in [-0.1, -0.05) is 28.5 Å². The van der Waals surface area contributed by atoms with Gasteiger partial charge in [0.2, 0.25) is 5.91 Å². The Kier molecular flexibility index (Phi) is 4.77. The van der Waals surface area contributed by atoms with Gasteiger partial charge < -0.3 is 9.64 Å². The van der Waals surface area contributed by atoms with Crippen LogP contribution in [0.3, 0.4) is 0 Å². The van der Waals surface area contributed by atoms with Gasteiger partial charge in [0.25, 0.3) is 0 Å². The Morgan fingerprint density at radius 2 is 2.17 bits per heavy atom. The van der Waals surface area contributed by atoms with Crippen molar-refractivity contribution < 1.29 is 14.2 Å². The molecule has 2 unspecified atom stereocenters. The molecule has 3 rings (SSSR count). The lowest BCUT2D eigenvalue weighted by Crippen LogP contribution is -2.43. The quantitative estimate of drug-likeness (QED) is 0.843. The van der Waals surface area contributed by atoms with Crippen molar-refractivity contribution in [1.82, 2.24) is 26.1 Å². The number of hydrazine groups is 1. The Hall–Kier alpha value is -2.45. The molecule has 2 N–H and O–H groups in total. The number of para-hydroxylation sites is 1. The standard InChI is InChI=1S/C16H21N5O3/c1-10-14(20-24-19-10)9-21(2)16(22)13-8-12(17-18-13)11-6-4-5-7-15(11)23-3/h4-7,12-13,17-18H,8-9H2,1-3H3. The molecule has 0 radical (unpaired) electrons. The van der Waals surface area contributed by atoms with E-state index in [1.54, 1.807) is 26.0 Å². The van der Waals surface area contributed by atoms with Gasteiger partial charge in [-0.3, -0.25) is 4.79 Å². The highest BCUT2D eigenvalue weighted by Crippen LogP contribution is 2.30. The molecule has 1 aromatic carbocycles. The topological polar surface area (TPSA) is 92.5 Å². The highest BCUT2D eigenvalue weighted by molar-refractivity contribution is 5.82. The summed E-state index contributed by atoms with van der Waals surface area (Å²) < 4.78 is 10.1. The summed E-state index contributed by atoms with van der Waals surface area (Å²) in [6.45, 7) is 2.17. The molecule has 1 fully saturated rings. The summed E-state index contributed by atoms with van der Waals surface area (Å²) in [5, 5.41) is 7.55. The molecule has 1 aliphatic rings. The van der Waals surface area contributed by atoms with Crippen LogP contribution in [0.4, 0.5) is 0 Å². The molecule has 24 heavy (non-hydrogen) atoms. The molecular formula is C16H21N5O3. The maximum Gasteiger partial charge on any atom is 0.241 e. The third-order valence-electron chi connectivity index (χ3n) is 4.23. The van der Waals surface area contributed by atoms with Gasteiger partial charge >= 0.3 is 0 Å². The molecule has 2 aromatic rings. The van der Waals surface area contributed by atoms with E-state index in [4.69, 9.17) is 4.74 Å². The van der Waals surface area contributed by atoms with Crippen LogP contribution in [0.2, 0.25) is 0 Å². The van der Waals surface area contributed by atoms with Crippen LogP contribution >= 0.6 is 0 Å². The summed E-state index contributed by atoms with van der Waals surface area (Å²) in [6.07, 6.45) is 0.638. The summed E-state index contributed by atoms with van der Waals surface area (Å²) in [6, 6.07) is 7.50. The second-order valence-electron chi connectivity index (χ2n) is 5.86. The zero-order valence-electron chi connectivity index (χ0n) is 13.9. The number of hydrogen-bond donors (Lipinski definition) is 2. The maximum atomic E-state index is 12.6. The fourth-order valence-corrected chi connectivity index (χ4v) is 2.84. The van der Waals surface area contributed by atoms with Crippen molar-refractivity contribution in [2.45, 2.75) is 32.0 Å². The summed E-state index contributed by atoms with van der Waals surface area (Å²) >= 11 is 0. The van der Waals surface area contributed by atoms with Gasteiger partial charge in [-0.2, -0.15) is 0 Å². The molecule has 1 aromatic heterocycles. The first-order valence-corrected chi connectivity index (χ1v) is 7.77. The smallest absolute Gasteiger partial charge is 0.241 e. The van der Waals surface area contributed by atoms with E-state index >= 15 is 0 Å². The lowest BCUT2D eigenvalue weighted by molar-refractivity contribution is -0.132. The summed E-state index contributed by atoms with van der Waals surface area (Å²) in [5.41, 5.74) is 8.64. The van der Waals surface area contributed by atoms with Gasteiger partial charge in [0.1, 0.15) is 23.2 Å². The predicted molar refractivity (Wildman–Crippen MR) is 85.9 cm³/mol. The van der Waals surface area contributed by atoms with E-state index in [9.17, 15) is 4.79 Å². The number of carbonyl (C=O) groups is 1. The van der Waals surface area contributed by atoms with Crippen molar-refractivity contribution in [3.05, 3.63) is 41.2 Å². The Morgan fingerprint density at radius 1 is 1.38 bits per heavy atom. The number of rotatable bonds is 5. The molecule has 1 aliphatic heterocycles. The van der Waals surface area contributed by atoms with E-state index in [2.05, 4.69) is 25.8 Å². The molecule has 128 valence electrons. The van der Waals surface area contributed by atoms with E-state index in [1.807, 2.05) is 24.3 Å². The lowest BCUT2D eigenvalue weighted by atomic mass is 10.0. The molecule has 8 heteroatoms. The Bertz CT molecular complexity index is 717. The fraction of sp³-hybridized carbons (Fsp3) is 0.438. The molecule has 1 saturated heterocycles. The summed E-state index contributed by atoms with van der Waals surface area (Å²) in [4.78, 5) is 14.2. The van der Waals surface area contributed by atoms with Crippen LogP contribution in [0.25, 0.3) is 0 Å². The molecule has 0 saturated carbocycles. The maximum absolute atomic E-state index is 12.6. The molecule has 2 atom stereocenters. The number of benzene rings is 1. The highest BCUT2D eigenvalue weighted by atomic mass is 16.6. The van der Waals surface area contributed by atoms with Crippen LogP contribution < -0.4 is 15.6 Å². The van der Waals surface area contributed by atoms with Crippen molar-refractivity contribution in [3.8, 4) is 5.75 Å². The second-order valence-corrected chi connectivity index (χ2v) is 5.86. The molecule has 0 bridgehead atoms. The average molecular weight is 331 g/mol. The van der Waals surface area contributed by atoms with Gasteiger partial charge in [0.05, 0.1) is 19.7 Å². The van der Waals surface area contributed by atoms with Crippen molar-refractivity contribution in [1.29, 1.82) is 0 Å². The second kappa shape index (κ2) is 6.98. The molecule has 2 heterocycles. The van der Waals surface area contributed by atoms with E-state index in [0.717, 1.165) is 11.3 Å². The predicted octanol–water partition coefficient (Wildman–Crippen LogP) is 0.953. The minimum atomic E-state index is -0.315. The van der Waals surface area contributed by atoms with Crippen LogP contribution in [0.5, 0.6) is 5.75 Å². The van der Waals surface area contributed by atoms with Gasteiger partial charge in [0, 0.05) is 12.6 Å². The molecule has 0 aliphatic carbocycles. The molecule has 0 spiro atoms. The largest absolute Gasteiger partial charge is 0.496 e. The number of aryl methyl sites for hydroxylation is 1. The Balaban J connectivity index is 1.64. The number of nitrogens with one attached hydrogen (secondary N) is 2. The molecule has 1 amide bonds. The number of amides is 1. The van der Waals surface area contributed by atoms with Crippen LogP contribution in [-0.4, -0.2) is 41.3 Å². The van der Waals surface area contributed by atoms with Crippen molar-refractivity contribution >= 4 is 5.91 Å². The highest BCUT2D eigenvalue weighted by Gasteiger charge is 2.33. The van der Waals surface area contributed by atoms with Crippen LogP contribution in [0.15, 0.2) is 28.9 Å². The number of aromatic nitrogens is 2. The normalized spacial score (nSPS) is 20.1. The van der Waals surface area contributed by atoms with Crippen LogP contribution in [0.1, 0.15) is 29.4 Å². The fourth-order valence-electron chi connectivity index (χ4n) is 2.84. The SMILES string of the molecule is COc1ccccc1C1CC(C(=O)N(C)Cc2nonc2C)NN1.